The number of pyridine rings is 2. The molecular formula is C11H12N4. The van der Waals surface area contributed by atoms with Crippen molar-refractivity contribution >= 4 is 11.5 Å². The average molecular weight is 200 g/mol. The molecule has 0 amide bonds. The number of hydrogen-bond donors (Lipinski definition) is 2. The van der Waals surface area contributed by atoms with Gasteiger partial charge in [-0.2, -0.15) is 0 Å². The van der Waals surface area contributed by atoms with Crippen LogP contribution >= 0.6 is 0 Å². The number of hydrogen-bond acceptors (Lipinski definition) is 4. The van der Waals surface area contributed by atoms with Crippen LogP contribution in [0.2, 0.25) is 0 Å². The summed E-state index contributed by atoms with van der Waals surface area (Å²) in [6.07, 6.45) is 5.81. The van der Waals surface area contributed by atoms with Crippen molar-refractivity contribution in [1.82, 2.24) is 9.97 Å². The number of anilines is 2. The van der Waals surface area contributed by atoms with Crippen LogP contribution in [0.4, 0.5) is 11.5 Å². The Hall–Kier alpha value is -2.10. The minimum atomic E-state index is 0.521. The predicted octanol–water partition coefficient (Wildman–Crippen LogP) is 1.23. The molecule has 0 spiro atoms. The maximum atomic E-state index is 5.75. The zero-order chi connectivity index (χ0) is 10.7. The van der Waals surface area contributed by atoms with Gasteiger partial charge in [0.15, 0.2) is 0 Å². The summed E-state index contributed by atoms with van der Waals surface area (Å²) in [6, 6.07) is 5.73. The number of aromatic nitrogens is 2. The first-order valence-corrected chi connectivity index (χ1v) is 4.64. The van der Waals surface area contributed by atoms with E-state index in [1.807, 2.05) is 24.4 Å². The molecule has 0 unspecified atom stereocenters. The molecule has 2 aromatic heterocycles. The van der Waals surface area contributed by atoms with E-state index in [1.54, 1.807) is 12.4 Å². The van der Waals surface area contributed by atoms with Gasteiger partial charge in [-0.25, -0.2) is 4.98 Å². The number of nitrogens with two attached hydrogens (primary N) is 2. The molecule has 4 nitrogen and oxygen atoms in total. The van der Waals surface area contributed by atoms with Crippen molar-refractivity contribution in [3.05, 3.63) is 47.9 Å². The molecule has 76 valence electrons. The van der Waals surface area contributed by atoms with Gasteiger partial charge in [-0.1, -0.05) is 6.07 Å². The summed E-state index contributed by atoms with van der Waals surface area (Å²) in [5.41, 5.74) is 14.1. The van der Waals surface area contributed by atoms with Gasteiger partial charge in [0.2, 0.25) is 0 Å². The Morgan fingerprint density at radius 2 is 2.07 bits per heavy atom. The normalized spacial score (nSPS) is 10.1. The van der Waals surface area contributed by atoms with Gasteiger partial charge in [0, 0.05) is 24.4 Å². The summed E-state index contributed by atoms with van der Waals surface area (Å²) in [5.74, 6) is 0.521. The third kappa shape index (κ3) is 2.22. The van der Waals surface area contributed by atoms with E-state index in [1.165, 1.54) is 0 Å². The average Bonchev–Trinajstić information content (AvgIpc) is 2.25. The van der Waals surface area contributed by atoms with Crippen LogP contribution in [-0.4, -0.2) is 9.97 Å². The lowest BCUT2D eigenvalue weighted by Crippen LogP contribution is -2.00. The molecule has 0 fully saturated rings. The third-order valence-electron chi connectivity index (χ3n) is 2.14. The molecule has 4 N–H and O–H groups in total. The molecule has 0 aliphatic heterocycles. The van der Waals surface area contributed by atoms with Gasteiger partial charge in [0.05, 0.1) is 11.9 Å². The van der Waals surface area contributed by atoms with E-state index in [4.69, 9.17) is 11.5 Å². The smallest absolute Gasteiger partial charge is 0.127 e. The van der Waals surface area contributed by atoms with E-state index >= 15 is 0 Å². The van der Waals surface area contributed by atoms with Gasteiger partial charge in [0.1, 0.15) is 5.82 Å². The molecule has 15 heavy (non-hydrogen) atoms. The van der Waals surface area contributed by atoms with Crippen molar-refractivity contribution in [2.45, 2.75) is 6.42 Å². The second kappa shape index (κ2) is 3.96. The van der Waals surface area contributed by atoms with Crippen molar-refractivity contribution in [3.8, 4) is 0 Å². The monoisotopic (exact) mass is 200 g/mol. The predicted molar refractivity (Wildman–Crippen MR) is 60.1 cm³/mol. The molecule has 0 aromatic carbocycles. The molecule has 2 rings (SSSR count). The molecule has 0 bridgehead atoms. The van der Waals surface area contributed by atoms with Crippen LogP contribution < -0.4 is 11.5 Å². The molecule has 4 heteroatoms. The van der Waals surface area contributed by atoms with E-state index in [-0.39, 0.29) is 0 Å². The highest BCUT2D eigenvalue weighted by atomic mass is 14.8. The fraction of sp³-hybridized carbons (Fsp3) is 0.0909. The lowest BCUT2D eigenvalue weighted by atomic mass is 10.1. The first-order chi connectivity index (χ1) is 7.25. The zero-order valence-corrected chi connectivity index (χ0v) is 8.22. The molecule has 0 aliphatic rings. The Labute approximate surface area is 88.0 Å². The first-order valence-electron chi connectivity index (χ1n) is 4.64. The minimum absolute atomic E-state index is 0.521. The maximum absolute atomic E-state index is 5.75. The Balaban J connectivity index is 2.28. The number of nitrogen functional groups attached to an aromatic ring is 2. The third-order valence-corrected chi connectivity index (χ3v) is 2.14. The summed E-state index contributed by atoms with van der Waals surface area (Å²) in [5, 5.41) is 0. The Morgan fingerprint density at radius 3 is 2.80 bits per heavy atom. The van der Waals surface area contributed by atoms with E-state index < -0.39 is 0 Å². The summed E-state index contributed by atoms with van der Waals surface area (Å²) in [4.78, 5) is 8.05. The van der Waals surface area contributed by atoms with Gasteiger partial charge in [0.25, 0.3) is 0 Å². The van der Waals surface area contributed by atoms with Crippen LogP contribution in [0.1, 0.15) is 11.1 Å². The van der Waals surface area contributed by atoms with Crippen molar-refractivity contribution in [2.24, 2.45) is 0 Å². The molecule has 2 heterocycles. The molecule has 0 aliphatic carbocycles. The molecule has 0 saturated heterocycles. The lowest BCUT2D eigenvalue weighted by Gasteiger charge is -2.05. The van der Waals surface area contributed by atoms with Gasteiger partial charge < -0.3 is 11.5 Å². The van der Waals surface area contributed by atoms with E-state index in [9.17, 15) is 0 Å². The fourth-order valence-corrected chi connectivity index (χ4v) is 1.40. The minimum Gasteiger partial charge on any atom is -0.397 e. The molecule has 0 radical (unpaired) electrons. The summed E-state index contributed by atoms with van der Waals surface area (Å²) in [6.45, 7) is 0. The van der Waals surface area contributed by atoms with Gasteiger partial charge in [-0.3, -0.25) is 4.98 Å². The Kier molecular flexibility index (Phi) is 2.49. The second-order valence-corrected chi connectivity index (χ2v) is 3.35. The SMILES string of the molecule is Nc1cnc(N)c(Cc2cccnc2)c1. The van der Waals surface area contributed by atoms with Crippen molar-refractivity contribution in [2.75, 3.05) is 11.5 Å². The zero-order valence-electron chi connectivity index (χ0n) is 8.22. The van der Waals surface area contributed by atoms with E-state index in [2.05, 4.69) is 9.97 Å². The van der Waals surface area contributed by atoms with Gasteiger partial charge >= 0.3 is 0 Å². The molecule has 2 aromatic rings. The fourth-order valence-electron chi connectivity index (χ4n) is 1.40. The Bertz CT molecular complexity index is 453. The summed E-state index contributed by atoms with van der Waals surface area (Å²) in [7, 11) is 0. The largest absolute Gasteiger partial charge is 0.397 e. The number of nitrogens with zero attached hydrogens (tertiary/aromatic N) is 2. The van der Waals surface area contributed by atoms with Crippen LogP contribution in [0, 0.1) is 0 Å². The van der Waals surface area contributed by atoms with Crippen molar-refractivity contribution in [3.63, 3.8) is 0 Å². The number of rotatable bonds is 2. The van der Waals surface area contributed by atoms with Gasteiger partial charge in [-0.05, 0) is 17.7 Å². The van der Waals surface area contributed by atoms with Crippen LogP contribution in [-0.2, 0) is 6.42 Å². The maximum Gasteiger partial charge on any atom is 0.127 e. The standard InChI is InChI=1S/C11H12N4/c12-10-5-9(11(13)15-7-10)4-8-2-1-3-14-6-8/h1-3,5-7H,4,12H2,(H2,13,15). The van der Waals surface area contributed by atoms with Crippen molar-refractivity contribution in [1.29, 1.82) is 0 Å². The van der Waals surface area contributed by atoms with Crippen molar-refractivity contribution < 1.29 is 0 Å². The van der Waals surface area contributed by atoms with Crippen LogP contribution in [0.3, 0.4) is 0 Å². The second-order valence-electron chi connectivity index (χ2n) is 3.35. The quantitative estimate of drug-likeness (QED) is 0.764. The van der Waals surface area contributed by atoms with Crippen LogP contribution in [0.15, 0.2) is 36.8 Å². The highest BCUT2D eigenvalue weighted by Crippen LogP contribution is 2.16. The van der Waals surface area contributed by atoms with Gasteiger partial charge in [-0.15, -0.1) is 0 Å². The lowest BCUT2D eigenvalue weighted by molar-refractivity contribution is 1.13. The highest BCUT2D eigenvalue weighted by Gasteiger charge is 2.02. The Morgan fingerprint density at radius 1 is 1.20 bits per heavy atom. The summed E-state index contributed by atoms with van der Waals surface area (Å²) < 4.78 is 0. The topological polar surface area (TPSA) is 77.8 Å². The van der Waals surface area contributed by atoms with E-state index in [0.29, 0.717) is 17.9 Å². The molecule has 0 atom stereocenters. The summed E-state index contributed by atoms with van der Waals surface area (Å²) >= 11 is 0. The first kappa shape index (κ1) is 9.45. The van der Waals surface area contributed by atoms with Crippen LogP contribution in [0.5, 0.6) is 0 Å². The van der Waals surface area contributed by atoms with Crippen LogP contribution in [0.25, 0.3) is 0 Å². The molecule has 0 saturated carbocycles. The highest BCUT2D eigenvalue weighted by molar-refractivity contribution is 5.50. The molecular weight excluding hydrogens is 188 g/mol. The van der Waals surface area contributed by atoms with E-state index in [0.717, 1.165) is 11.1 Å².